The summed E-state index contributed by atoms with van der Waals surface area (Å²) in [6.07, 6.45) is 0. The Morgan fingerprint density at radius 3 is 2.50 bits per heavy atom. The molecule has 1 rings (SSSR count). The molecule has 0 aliphatic rings. The first kappa shape index (κ1) is 14.6. The Morgan fingerprint density at radius 1 is 1.44 bits per heavy atom. The summed E-state index contributed by atoms with van der Waals surface area (Å²) in [5, 5.41) is 12.1. The fourth-order valence-corrected chi connectivity index (χ4v) is 1.59. The summed E-state index contributed by atoms with van der Waals surface area (Å²) in [6, 6.07) is 2.90. The van der Waals surface area contributed by atoms with E-state index in [2.05, 4.69) is 5.32 Å². The molecule has 1 aromatic rings. The van der Waals surface area contributed by atoms with Gasteiger partial charge in [-0.2, -0.15) is 0 Å². The summed E-state index contributed by atoms with van der Waals surface area (Å²) in [4.78, 5) is 11.3. The van der Waals surface area contributed by atoms with Gasteiger partial charge in [0.05, 0.1) is 0 Å². The van der Waals surface area contributed by atoms with Crippen LogP contribution in [-0.4, -0.2) is 17.6 Å². The summed E-state index contributed by atoms with van der Waals surface area (Å²) >= 11 is 0. The van der Waals surface area contributed by atoms with Crippen molar-refractivity contribution in [2.75, 3.05) is 6.54 Å². The smallest absolute Gasteiger partial charge is 0.328 e. The highest BCUT2D eigenvalue weighted by Gasteiger charge is 2.37. The molecule has 0 radical (unpaired) electrons. The average molecular weight is 257 g/mol. The SMILES string of the molecule is CC(C)CNC(C)(C(=O)O)c1ccc(F)cc1F. The number of hydrogen-bond acceptors (Lipinski definition) is 2. The predicted octanol–water partition coefficient (Wildman–Crippen LogP) is 2.51. The zero-order chi connectivity index (χ0) is 13.9. The number of carbonyl (C=O) groups is 1. The van der Waals surface area contributed by atoms with Gasteiger partial charge in [0.1, 0.15) is 17.2 Å². The maximum Gasteiger partial charge on any atom is 0.328 e. The lowest BCUT2D eigenvalue weighted by atomic mass is 9.91. The van der Waals surface area contributed by atoms with Crippen molar-refractivity contribution in [3.8, 4) is 0 Å². The van der Waals surface area contributed by atoms with Crippen LogP contribution in [0.5, 0.6) is 0 Å². The number of carboxylic acids is 1. The molecule has 1 unspecified atom stereocenters. The molecule has 1 atom stereocenters. The summed E-state index contributed by atoms with van der Waals surface area (Å²) in [5.74, 6) is -2.58. The molecule has 2 N–H and O–H groups in total. The van der Waals surface area contributed by atoms with Crippen LogP contribution >= 0.6 is 0 Å². The number of carboxylic acid groups (broad SMARTS) is 1. The van der Waals surface area contributed by atoms with E-state index < -0.39 is 23.1 Å². The Hall–Kier alpha value is -1.49. The Bertz CT molecular complexity index is 449. The van der Waals surface area contributed by atoms with Crippen molar-refractivity contribution < 1.29 is 18.7 Å². The van der Waals surface area contributed by atoms with Crippen molar-refractivity contribution in [2.45, 2.75) is 26.3 Å². The molecule has 0 saturated heterocycles. The van der Waals surface area contributed by atoms with E-state index in [1.165, 1.54) is 6.92 Å². The number of halogens is 2. The third-order valence-corrected chi connectivity index (χ3v) is 2.76. The van der Waals surface area contributed by atoms with E-state index in [1.807, 2.05) is 13.8 Å². The number of nitrogens with one attached hydrogen (secondary N) is 1. The molecule has 1 aromatic carbocycles. The molecule has 3 nitrogen and oxygen atoms in total. The van der Waals surface area contributed by atoms with Crippen molar-refractivity contribution in [3.63, 3.8) is 0 Å². The minimum Gasteiger partial charge on any atom is -0.480 e. The third kappa shape index (κ3) is 3.04. The Morgan fingerprint density at radius 2 is 2.06 bits per heavy atom. The maximum absolute atomic E-state index is 13.7. The van der Waals surface area contributed by atoms with E-state index in [4.69, 9.17) is 0 Å². The van der Waals surface area contributed by atoms with Crippen LogP contribution in [0, 0.1) is 17.6 Å². The molecular weight excluding hydrogens is 240 g/mol. The second kappa shape index (κ2) is 5.44. The van der Waals surface area contributed by atoms with Gasteiger partial charge >= 0.3 is 5.97 Å². The van der Waals surface area contributed by atoms with Gasteiger partial charge < -0.3 is 5.11 Å². The normalized spacial score (nSPS) is 14.6. The van der Waals surface area contributed by atoms with Gasteiger partial charge in [-0.25, -0.2) is 13.6 Å². The Labute approximate surface area is 105 Å². The fraction of sp³-hybridized carbons (Fsp3) is 0.462. The second-order valence-electron chi connectivity index (χ2n) is 4.83. The zero-order valence-electron chi connectivity index (χ0n) is 10.6. The van der Waals surface area contributed by atoms with Crippen LogP contribution in [0.15, 0.2) is 18.2 Å². The molecule has 5 heteroatoms. The van der Waals surface area contributed by atoms with Gasteiger partial charge in [-0.05, 0) is 25.5 Å². The number of benzene rings is 1. The molecule has 100 valence electrons. The Kier molecular flexibility index (Phi) is 4.40. The highest BCUT2D eigenvalue weighted by atomic mass is 19.1. The number of aliphatic carboxylic acids is 1. The van der Waals surface area contributed by atoms with Gasteiger partial charge in [0.2, 0.25) is 0 Å². The molecule has 0 spiro atoms. The third-order valence-electron chi connectivity index (χ3n) is 2.76. The summed E-state index contributed by atoms with van der Waals surface area (Å²) in [6.45, 7) is 5.61. The summed E-state index contributed by atoms with van der Waals surface area (Å²) in [7, 11) is 0. The minimum atomic E-state index is -1.57. The number of hydrogen-bond donors (Lipinski definition) is 2. The minimum absolute atomic E-state index is 0.0722. The number of rotatable bonds is 5. The van der Waals surface area contributed by atoms with Crippen molar-refractivity contribution in [2.24, 2.45) is 5.92 Å². The Balaban J connectivity index is 3.14. The standard InChI is InChI=1S/C13H17F2NO2/c1-8(2)7-16-13(3,12(17)18)10-5-4-9(14)6-11(10)15/h4-6,8,16H,7H2,1-3H3,(H,17,18). The van der Waals surface area contributed by atoms with Gasteiger partial charge in [0.15, 0.2) is 0 Å². The first-order valence-corrected chi connectivity index (χ1v) is 5.71. The van der Waals surface area contributed by atoms with E-state index in [0.29, 0.717) is 12.6 Å². The molecule has 18 heavy (non-hydrogen) atoms. The van der Waals surface area contributed by atoms with E-state index in [0.717, 1.165) is 12.1 Å². The lowest BCUT2D eigenvalue weighted by Crippen LogP contribution is -2.48. The van der Waals surface area contributed by atoms with Crippen LogP contribution in [0.4, 0.5) is 8.78 Å². The molecule has 0 bridgehead atoms. The zero-order valence-corrected chi connectivity index (χ0v) is 10.6. The van der Waals surface area contributed by atoms with Crippen molar-refractivity contribution in [1.29, 1.82) is 0 Å². The van der Waals surface area contributed by atoms with Gasteiger partial charge in [-0.15, -0.1) is 0 Å². The van der Waals surface area contributed by atoms with E-state index >= 15 is 0 Å². The molecular formula is C13H17F2NO2. The van der Waals surface area contributed by atoms with Crippen molar-refractivity contribution >= 4 is 5.97 Å². The van der Waals surface area contributed by atoms with Gasteiger partial charge in [0.25, 0.3) is 0 Å². The molecule has 0 aliphatic heterocycles. The van der Waals surface area contributed by atoms with Crippen LogP contribution in [0.25, 0.3) is 0 Å². The van der Waals surface area contributed by atoms with E-state index in [9.17, 15) is 18.7 Å². The highest BCUT2D eigenvalue weighted by molar-refractivity contribution is 5.80. The molecule has 0 heterocycles. The largest absolute Gasteiger partial charge is 0.480 e. The van der Waals surface area contributed by atoms with E-state index in [-0.39, 0.29) is 11.5 Å². The van der Waals surface area contributed by atoms with Crippen LogP contribution < -0.4 is 5.32 Å². The van der Waals surface area contributed by atoms with E-state index in [1.54, 1.807) is 0 Å². The average Bonchev–Trinajstić information content (AvgIpc) is 2.25. The monoisotopic (exact) mass is 257 g/mol. The molecule has 0 saturated carbocycles. The van der Waals surface area contributed by atoms with Crippen LogP contribution in [0.3, 0.4) is 0 Å². The maximum atomic E-state index is 13.7. The van der Waals surface area contributed by atoms with Gasteiger partial charge in [-0.1, -0.05) is 19.9 Å². The molecule has 0 aromatic heterocycles. The summed E-state index contributed by atoms with van der Waals surface area (Å²) in [5.41, 5.74) is -1.64. The van der Waals surface area contributed by atoms with Crippen molar-refractivity contribution in [3.05, 3.63) is 35.4 Å². The van der Waals surface area contributed by atoms with Gasteiger partial charge in [0, 0.05) is 11.6 Å². The van der Waals surface area contributed by atoms with Crippen molar-refractivity contribution in [1.82, 2.24) is 5.32 Å². The van der Waals surface area contributed by atoms with Crippen LogP contribution in [0.2, 0.25) is 0 Å². The quantitative estimate of drug-likeness (QED) is 0.852. The lowest BCUT2D eigenvalue weighted by Gasteiger charge is -2.28. The summed E-state index contributed by atoms with van der Waals surface area (Å²) < 4.78 is 26.5. The molecule has 0 fully saturated rings. The van der Waals surface area contributed by atoms with Crippen LogP contribution in [0.1, 0.15) is 26.3 Å². The van der Waals surface area contributed by atoms with Gasteiger partial charge in [-0.3, -0.25) is 5.32 Å². The lowest BCUT2D eigenvalue weighted by molar-refractivity contribution is -0.144. The second-order valence-corrected chi connectivity index (χ2v) is 4.83. The predicted molar refractivity (Wildman–Crippen MR) is 64.2 cm³/mol. The topological polar surface area (TPSA) is 49.3 Å². The first-order chi connectivity index (χ1) is 8.27. The molecule has 0 aliphatic carbocycles. The highest BCUT2D eigenvalue weighted by Crippen LogP contribution is 2.25. The van der Waals surface area contributed by atoms with Crippen LogP contribution in [-0.2, 0) is 10.3 Å². The fourth-order valence-electron chi connectivity index (χ4n) is 1.59. The first-order valence-electron chi connectivity index (χ1n) is 5.71. The molecule has 0 amide bonds.